The van der Waals surface area contributed by atoms with Gasteiger partial charge in [0.05, 0.1) is 13.7 Å². The highest BCUT2D eigenvalue weighted by Crippen LogP contribution is 2.18. The fourth-order valence-corrected chi connectivity index (χ4v) is 2.01. The van der Waals surface area contributed by atoms with Crippen LogP contribution < -0.4 is 10.1 Å². The highest BCUT2D eigenvalue weighted by atomic mass is 16.5. The molecule has 1 saturated carbocycles. The SMILES string of the molecule is COc1ccc(COCCCCCNC2CC2)cc1. The van der Waals surface area contributed by atoms with Crippen LogP contribution in [0.1, 0.15) is 37.7 Å². The molecule has 0 atom stereocenters. The van der Waals surface area contributed by atoms with Crippen LogP contribution in [-0.2, 0) is 11.3 Å². The zero-order valence-electron chi connectivity index (χ0n) is 11.9. The van der Waals surface area contributed by atoms with Gasteiger partial charge < -0.3 is 14.8 Å². The van der Waals surface area contributed by atoms with Crippen molar-refractivity contribution in [2.24, 2.45) is 0 Å². The Morgan fingerprint density at radius 3 is 2.58 bits per heavy atom. The number of benzene rings is 1. The third-order valence-corrected chi connectivity index (χ3v) is 3.40. The molecule has 1 aliphatic carbocycles. The van der Waals surface area contributed by atoms with Crippen molar-refractivity contribution in [1.29, 1.82) is 0 Å². The van der Waals surface area contributed by atoms with E-state index < -0.39 is 0 Å². The summed E-state index contributed by atoms with van der Waals surface area (Å²) in [5.74, 6) is 0.895. The Kier molecular flexibility index (Phi) is 6.18. The van der Waals surface area contributed by atoms with Gasteiger partial charge in [0.15, 0.2) is 0 Å². The zero-order chi connectivity index (χ0) is 13.3. The number of rotatable bonds is 10. The van der Waals surface area contributed by atoms with Gasteiger partial charge in [-0.3, -0.25) is 0 Å². The first kappa shape index (κ1) is 14.4. The summed E-state index contributed by atoms with van der Waals surface area (Å²) in [6, 6.07) is 8.90. The van der Waals surface area contributed by atoms with Crippen LogP contribution in [-0.4, -0.2) is 26.3 Å². The molecule has 1 aromatic rings. The lowest BCUT2D eigenvalue weighted by Crippen LogP contribution is -2.17. The van der Waals surface area contributed by atoms with Crippen LogP contribution in [0, 0.1) is 0 Å². The Morgan fingerprint density at radius 1 is 1.11 bits per heavy atom. The number of hydrogen-bond donors (Lipinski definition) is 1. The van der Waals surface area contributed by atoms with E-state index in [1.165, 1.54) is 37.8 Å². The van der Waals surface area contributed by atoms with Crippen molar-refractivity contribution in [1.82, 2.24) is 5.32 Å². The third kappa shape index (κ3) is 6.08. The van der Waals surface area contributed by atoms with Gasteiger partial charge in [-0.15, -0.1) is 0 Å². The van der Waals surface area contributed by atoms with E-state index in [-0.39, 0.29) is 0 Å². The van der Waals surface area contributed by atoms with E-state index in [1.807, 2.05) is 12.1 Å². The first-order chi connectivity index (χ1) is 9.38. The smallest absolute Gasteiger partial charge is 0.118 e. The molecule has 3 nitrogen and oxygen atoms in total. The second kappa shape index (κ2) is 8.18. The molecule has 0 saturated heterocycles. The van der Waals surface area contributed by atoms with Crippen molar-refractivity contribution in [2.45, 2.75) is 44.8 Å². The summed E-state index contributed by atoms with van der Waals surface area (Å²) in [7, 11) is 1.68. The van der Waals surface area contributed by atoms with E-state index in [0.29, 0.717) is 6.61 Å². The zero-order valence-corrected chi connectivity index (χ0v) is 11.9. The van der Waals surface area contributed by atoms with E-state index in [1.54, 1.807) is 7.11 Å². The van der Waals surface area contributed by atoms with E-state index >= 15 is 0 Å². The lowest BCUT2D eigenvalue weighted by molar-refractivity contribution is 0.117. The Hall–Kier alpha value is -1.06. The summed E-state index contributed by atoms with van der Waals surface area (Å²) < 4.78 is 10.8. The minimum atomic E-state index is 0.699. The predicted octanol–water partition coefficient (Wildman–Crippen LogP) is 3.13. The quantitative estimate of drug-likeness (QED) is 0.658. The van der Waals surface area contributed by atoms with Crippen molar-refractivity contribution in [3.63, 3.8) is 0 Å². The first-order valence-electron chi connectivity index (χ1n) is 7.32. The average Bonchev–Trinajstić information content (AvgIpc) is 3.26. The van der Waals surface area contributed by atoms with Gasteiger partial charge >= 0.3 is 0 Å². The molecule has 3 heteroatoms. The number of methoxy groups -OCH3 is 1. The fraction of sp³-hybridized carbons (Fsp3) is 0.625. The van der Waals surface area contributed by atoms with Gasteiger partial charge in [-0.25, -0.2) is 0 Å². The number of ether oxygens (including phenoxy) is 2. The lowest BCUT2D eigenvalue weighted by atomic mass is 10.2. The monoisotopic (exact) mass is 263 g/mol. The molecule has 2 rings (SSSR count). The van der Waals surface area contributed by atoms with E-state index in [9.17, 15) is 0 Å². The molecule has 0 bridgehead atoms. The maximum Gasteiger partial charge on any atom is 0.118 e. The fourth-order valence-electron chi connectivity index (χ4n) is 2.01. The summed E-state index contributed by atoms with van der Waals surface area (Å²) in [6.07, 6.45) is 6.43. The van der Waals surface area contributed by atoms with Crippen molar-refractivity contribution in [2.75, 3.05) is 20.3 Å². The lowest BCUT2D eigenvalue weighted by Gasteiger charge is -2.06. The summed E-state index contributed by atoms with van der Waals surface area (Å²) in [4.78, 5) is 0. The second-order valence-corrected chi connectivity index (χ2v) is 5.19. The van der Waals surface area contributed by atoms with Crippen LogP contribution in [0.15, 0.2) is 24.3 Å². The van der Waals surface area contributed by atoms with Crippen LogP contribution in [0.4, 0.5) is 0 Å². The highest BCUT2D eigenvalue weighted by molar-refractivity contribution is 5.26. The van der Waals surface area contributed by atoms with Crippen molar-refractivity contribution >= 4 is 0 Å². The molecule has 19 heavy (non-hydrogen) atoms. The van der Waals surface area contributed by atoms with Gasteiger partial charge in [0, 0.05) is 12.6 Å². The second-order valence-electron chi connectivity index (χ2n) is 5.19. The molecule has 0 amide bonds. The average molecular weight is 263 g/mol. The topological polar surface area (TPSA) is 30.5 Å². The predicted molar refractivity (Wildman–Crippen MR) is 77.5 cm³/mol. The maximum atomic E-state index is 5.67. The van der Waals surface area contributed by atoms with Gasteiger partial charge in [-0.05, 0) is 56.3 Å². The molecule has 0 spiro atoms. The minimum Gasteiger partial charge on any atom is -0.497 e. The molecule has 0 aromatic heterocycles. The van der Waals surface area contributed by atoms with Crippen LogP contribution in [0.2, 0.25) is 0 Å². The number of nitrogens with one attached hydrogen (secondary N) is 1. The standard InChI is InChI=1S/C16H25NO2/c1-18-16-9-5-14(6-10-16)13-19-12-4-2-3-11-17-15-7-8-15/h5-6,9-10,15,17H,2-4,7-8,11-13H2,1H3. The van der Waals surface area contributed by atoms with Crippen LogP contribution in [0.5, 0.6) is 5.75 Å². The molecule has 0 radical (unpaired) electrons. The highest BCUT2D eigenvalue weighted by Gasteiger charge is 2.19. The van der Waals surface area contributed by atoms with E-state index in [4.69, 9.17) is 9.47 Å². The molecule has 1 aliphatic rings. The van der Waals surface area contributed by atoms with Crippen LogP contribution >= 0.6 is 0 Å². The Bertz CT molecular complexity index is 346. The van der Waals surface area contributed by atoms with Crippen molar-refractivity contribution in [3.8, 4) is 5.75 Å². The molecular formula is C16H25NO2. The minimum absolute atomic E-state index is 0.699. The third-order valence-electron chi connectivity index (χ3n) is 3.40. The summed E-state index contributed by atoms with van der Waals surface area (Å²) >= 11 is 0. The Morgan fingerprint density at radius 2 is 1.89 bits per heavy atom. The van der Waals surface area contributed by atoms with Gasteiger partial charge in [0.2, 0.25) is 0 Å². The van der Waals surface area contributed by atoms with Crippen LogP contribution in [0.25, 0.3) is 0 Å². The summed E-state index contributed by atoms with van der Waals surface area (Å²) in [6.45, 7) is 2.73. The summed E-state index contributed by atoms with van der Waals surface area (Å²) in [5.41, 5.74) is 1.20. The number of hydrogen-bond acceptors (Lipinski definition) is 3. The largest absolute Gasteiger partial charge is 0.497 e. The molecule has 0 heterocycles. The first-order valence-corrected chi connectivity index (χ1v) is 7.32. The Labute approximate surface area is 116 Å². The molecular weight excluding hydrogens is 238 g/mol. The van der Waals surface area contributed by atoms with Gasteiger partial charge in [-0.1, -0.05) is 12.1 Å². The molecule has 106 valence electrons. The van der Waals surface area contributed by atoms with Gasteiger partial charge in [-0.2, -0.15) is 0 Å². The molecule has 1 N–H and O–H groups in total. The summed E-state index contributed by atoms with van der Waals surface area (Å²) in [5, 5.41) is 3.53. The van der Waals surface area contributed by atoms with Crippen molar-refractivity contribution in [3.05, 3.63) is 29.8 Å². The Balaban J connectivity index is 1.44. The van der Waals surface area contributed by atoms with Gasteiger partial charge in [0.25, 0.3) is 0 Å². The van der Waals surface area contributed by atoms with E-state index in [2.05, 4.69) is 17.4 Å². The maximum absolute atomic E-state index is 5.67. The van der Waals surface area contributed by atoms with E-state index in [0.717, 1.165) is 24.8 Å². The molecule has 0 aliphatic heterocycles. The number of unbranched alkanes of at least 4 members (excludes halogenated alkanes) is 2. The van der Waals surface area contributed by atoms with Crippen molar-refractivity contribution < 1.29 is 9.47 Å². The molecule has 1 aromatic carbocycles. The van der Waals surface area contributed by atoms with Crippen LogP contribution in [0.3, 0.4) is 0 Å². The molecule has 0 unspecified atom stereocenters. The van der Waals surface area contributed by atoms with Gasteiger partial charge in [0.1, 0.15) is 5.75 Å². The molecule has 1 fully saturated rings. The normalized spacial score (nSPS) is 14.6.